The lowest BCUT2D eigenvalue weighted by molar-refractivity contribution is -0.384. The summed E-state index contributed by atoms with van der Waals surface area (Å²) in [5.41, 5.74) is 0.220. The third-order valence-corrected chi connectivity index (χ3v) is 5.99. The van der Waals surface area contributed by atoms with Crippen LogP contribution in [0.15, 0.2) is 35.2 Å². The van der Waals surface area contributed by atoms with Crippen molar-refractivity contribution in [2.45, 2.75) is 51.1 Å². The van der Waals surface area contributed by atoms with Gasteiger partial charge in [0.25, 0.3) is 0 Å². The molecule has 0 amide bonds. The molecule has 0 aliphatic heterocycles. The fraction of sp³-hybridized carbons (Fsp3) is 0.409. The van der Waals surface area contributed by atoms with Crippen LogP contribution in [0.3, 0.4) is 0 Å². The van der Waals surface area contributed by atoms with Crippen LogP contribution in [-0.2, 0) is 0 Å². The van der Waals surface area contributed by atoms with E-state index in [1.54, 1.807) is 0 Å². The summed E-state index contributed by atoms with van der Waals surface area (Å²) in [6, 6.07) is 3.89. The zero-order chi connectivity index (χ0) is 24.9. The summed E-state index contributed by atoms with van der Waals surface area (Å²) < 4.78 is 10.8. The monoisotopic (exact) mass is 483 g/mol. The van der Waals surface area contributed by atoms with Gasteiger partial charge in [0.1, 0.15) is 18.0 Å². The summed E-state index contributed by atoms with van der Waals surface area (Å²) in [6.45, 7) is 1.94. The van der Waals surface area contributed by atoms with Gasteiger partial charge in [0.15, 0.2) is 0 Å². The SMILES string of the molecule is CCC(c1nnco1)N(c1nc(Nc2ccc(C(=O)O)cc2OC)ncc1[N+](=O)[O-])C1CCCC1. The zero-order valence-electron chi connectivity index (χ0n) is 19.2. The van der Waals surface area contributed by atoms with Crippen LogP contribution in [0.4, 0.5) is 23.1 Å². The Kier molecular flexibility index (Phi) is 7.03. The summed E-state index contributed by atoms with van der Waals surface area (Å²) in [4.78, 5) is 33.3. The highest BCUT2D eigenvalue weighted by Crippen LogP contribution is 2.40. The summed E-state index contributed by atoms with van der Waals surface area (Å²) in [5, 5.41) is 32.0. The van der Waals surface area contributed by atoms with E-state index in [1.165, 1.54) is 31.7 Å². The van der Waals surface area contributed by atoms with Gasteiger partial charge >= 0.3 is 11.7 Å². The molecule has 2 N–H and O–H groups in total. The Morgan fingerprint density at radius 2 is 2.17 bits per heavy atom. The van der Waals surface area contributed by atoms with Gasteiger partial charge in [0.05, 0.1) is 23.3 Å². The Balaban J connectivity index is 1.78. The van der Waals surface area contributed by atoms with E-state index in [0.717, 1.165) is 31.9 Å². The Bertz CT molecular complexity index is 1200. The lowest BCUT2D eigenvalue weighted by atomic mass is 10.1. The highest BCUT2D eigenvalue weighted by atomic mass is 16.6. The molecular weight excluding hydrogens is 458 g/mol. The standard InChI is InChI=1S/C22H25N7O6/c1-3-16(20-27-24-12-35-20)28(14-6-4-5-7-14)19-17(29(32)33)11-23-22(26-19)25-15-9-8-13(21(30)31)10-18(15)34-2/h8-12,14,16H,3-7H2,1-2H3,(H,30,31)(H,23,25,26). The number of nitro groups is 1. The van der Waals surface area contributed by atoms with E-state index in [-0.39, 0.29) is 34.8 Å². The van der Waals surface area contributed by atoms with E-state index in [4.69, 9.17) is 9.15 Å². The Morgan fingerprint density at radius 1 is 1.40 bits per heavy atom. The molecule has 1 fully saturated rings. The van der Waals surface area contributed by atoms with Gasteiger partial charge < -0.3 is 24.5 Å². The maximum absolute atomic E-state index is 12.0. The first-order valence-electron chi connectivity index (χ1n) is 11.2. The molecular formula is C22H25N7O6. The fourth-order valence-electron chi connectivity index (χ4n) is 4.37. The summed E-state index contributed by atoms with van der Waals surface area (Å²) >= 11 is 0. The van der Waals surface area contributed by atoms with Crippen LogP contribution >= 0.6 is 0 Å². The number of aromatic nitrogens is 4. The first-order chi connectivity index (χ1) is 16.9. The molecule has 1 atom stereocenters. The van der Waals surface area contributed by atoms with Crippen molar-refractivity contribution in [1.82, 2.24) is 20.2 Å². The number of ether oxygens (including phenoxy) is 1. The van der Waals surface area contributed by atoms with E-state index in [1.807, 2.05) is 11.8 Å². The molecule has 3 aromatic rings. The molecule has 0 radical (unpaired) electrons. The molecule has 1 aliphatic carbocycles. The normalized spacial score (nSPS) is 14.5. The average Bonchev–Trinajstić information content (AvgIpc) is 3.57. The van der Waals surface area contributed by atoms with E-state index >= 15 is 0 Å². The Morgan fingerprint density at radius 3 is 2.77 bits per heavy atom. The van der Waals surface area contributed by atoms with Crippen molar-refractivity contribution in [1.29, 1.82) is 0 Å². The minimum Gasteiger partial charge on any atom is -0.495 e. The molecule has 0 saturated heterocycles. The molecule has 1 aromatic carbocycles. The lowest BCUT2D eigenvalue weighted by Gasteiger charge is -2.34. The summed E-state index contributed by atoms with van der Waals surface area (Å²) in [5.74, 6) is -0.241. The fourth-order valence-corrected chi connectivity index (χ4v) is 4.37. The number of hydrogen-bond donors (Lipinski definition) is 2. The number of benzene rings is 1. The topological polar surface area (TPSA) is 170 Å². The van der Waals surface area contributed by atoms with Gasteiger partial charge in [0.2, 0.25) is 24.1 Å². The van der Waals surface area contributed by atoms with Gasteiger partial charge in [0, 0.05) is 6.04 Å². The maximum Gasteiger partial charge on any atom is 0.335 e. The van der Waals surface area contributed by atoms with Crippen molar-refractivity contribution in [3.05, 3.63) is 52.4 Å². The number of carbonyl (C=O) groups is 1. The number of aromatic carboxylic acids is 1. The molecule has 35 heavy (non-hydrogen) atoms. The van der Waals surface area contributed by atoms with Crippen LogP contribution in [0.2, 0.25) is 0 Å². The first kappa shape index (κ1) is 23.9. The predicted molar refractivity (Wildman–Crippen MR) is 124 cm³/mol. The van der Waals surface area contributed by atoms with Gasteiger partial charge in [-0.1, -0.05) is 19.8 Å². The molecule has 0 bridgehead atoms. The molecule has 0 spiro atoms. The van der Waals surface area contributed by atoms with Crippen LogP contribution in [0.1, 0.15) is 61.3 Å². The largest absolute Gasteiger partial charge is 0.495 e. The van der Waals surface area contributed by atoms with Crippen LogP contribution in [0.25, 0.3) is 0 Å². The van der Waals surface area contributed by atoms with Crippen LogP contribution in [0, 0.1) is 10.1 Å². The molecule has 1 aliphatic rings. The molecule has 1 unspecified atom stereocenters. The van der Waals surface area contributed by atoms with Crippen LogP contribution < -0.4 is 15.0 Å². The van der Waals surface area contributed by atoms with E-state index < -0.39 is 16.9 Å². The molecule has 4 rings (SSSR count). The smallest absolute Gasteiger partial charge is 0.335 e. The van der Waals surface area contributed by atoms with Gasteiger partial charge in [-0.15, -0.1) is 10.2 Å². The van der Waals surface area contributed by atoms with Crippen molar-refractivity contribution in [3.63, 3.8) is 0 Å². The minimum atomic E-state index is -1.09. The quantitative estimate of drug-likeness (QED) is 0.313. The van der Waals surface area contributed by atoms with Crippen molar-refractivity contribution in [2.24, 2.45) is 0 Å². The summed E-state index contributed by atoms with van der Waals surface area (Å²) in [6.07, 6.45) is 6.65. The number of carboxylic acids is 1. The Labute approximate surface area is 200 Å². The number of methoxy groups -OCH3 is 1. The lowest BCUT2D eigenvalue weighted by Crippen LogP contribution is -2.38. The molecule has 1 saturated carbocycles. The molecule has 2 heterocycles. The number of hydrogen-bond acceptors (Lipinski definition) is 11. The predicted octanol–water partition coefficient (Wildman–Crippen LogP) is 4.12. The van der Waals surface area contributed by atoms with Crippen molar-refractivity contribution >= 4 is 29.1 Å². The summed E-state index contributed by atoms with van der Waals surface area (Å²) in [7, 11) is 1.41. The minimum absolute atomic E-state index is 0.00214. The van der Waals surface area contributed by atoms with E-state index in [0.29, 0.717) is 18.0 Å². The molecule has 184 valence electrons. The van der Waals surface area contributed by atoms with Crippen molar-refractivity contribution in [2.75, 3.05) is 17.3 Å². The van der Waals surface area contributed by atoms with E-state index in [2.05, 4.69) is 25.5 Å². The Hall–Kier alpha value is -4.29. The number of nitrogens with zero attached hydrogens (tertiary/aromatic N) is 6. The van der Waals surface area contributed by atoms with Crippen LogP contribution in [-0.4, -0.2) is 49.3 Å². The van der Waals surface area contributed by atoms with Crippen molar-refractivity contribution < 1.29 is 24.0 Å². The van der Waals surface area contributed by atoms with Gasteiger partial charge in [-0.3, -0.25) is 10.1 Å². The van der Waals surface area contributed by atoms with E-state index in [9.17, 15) is 20.0 Å². The second kappa shape index (κ2) is 10.3. The van der Waals surface area contributed by atoms with Gasteiger partial charge in [-0.2, -0.15) is 4.98 Å². The highest BCUT2D eigenvalue weighted by Gasteiger charge is 2.37. The highest BCUT2D eigenvalue weighted by molar-refractivity contribution is 5.89. The number of carboxylic acid groups (broad SMARTS) is 1. The third-order valence-electron chi connectivity index (χ3n) is 5.99. The average molecular weight is 483 g/mol. The molecule has 13 nitrogen and oxygen atoms in total. The molecule has 13 heteroatoms. The second-order valence-electron chi connectivity index (χ2n) is 8.05. The number of anilines is 3. The number of nitrogens with one attached hydrogen (secondary N) is 1. The number of rotatable bonds is 10. The van der Waals surface area contributed by atoms with Crippen molar-refractivity contribution in [3.8, 4) is 5.75 Å². The second-order valence-corrected chi connectivity index (χ2v) is 8.05. The maximum atomic E-state index is 12.0. The van der Waals surface area contributed by atoms with Gasteiger partial charge in [-0.05, 0) is 37.5 Å². The third kappa shape index (κ3) is 4.98. The van der Waals surface area contributed by atoms with Gasteiger partial charge in [-0.25, -0.2) is 9.78 Å². The first-order valence-corrected chi connectivity index (χ1v) is 11.2. The molecule has 2 aromatic heterocycles. The zero-order valence-corrected chi connectivity index (χ0v) is 19.2. The van der Waals surface area contributed by atoms with Crippen LogP contribution in [0.5, 0.6) is 5.75 Å².